The summed E-state index contributed by atoms with van der Waals surface area (Å²) in [6.07, 6.45) is -1.05. The van der Waals surface area contributed by atoms with Gasteiger partial charge in [0, 0.05) is 24.3 Å². The minimum Gasteiger partial charge on any atom is -0.355 e. The lowest BCUT2D eigenvalue weighted by Gasteiger charge is -2.23. The molecule has 1 aliphatic heterocycles. The molecule has 1 saturated carbocycles. The third kappa shape index (κ3) is 3.27. The zero-order valence-electron chi connectivity index (χ0n) is 12.0. The Hall–Kier alpha value is -1.15. The lowest BCUT2D eigenvalue weighted by molar-refractivity contribution is -0.140. The molecule has 2 fully saturated rings. The zero-order valence-corrected chi connectivity index (χ0v) is 12.8. The van der Waals surface area contributed by atoms with Crippen molar-refractivity contribution in [3.8, 4) is 0 Å². The maximum atomic E-state index is 12.4. The average Bonchev–Trinajstić information content (AvgIpc) is 2.94. The fraction of sp³-hybridized carbons (Fsp3) is 0.714. The standard InChI is InChI=1S/C14H18F3N3OS/c15-14(16,17)10-8-22-11(20-10)1-4-19-12(21)9-7-13(9)2-5-18-6-3-13/h8-9,18H,1-7H2,(H,19,21). The number of piperidine rings is 1. The Morgan fingerprint density at radius 3 is 2.82 bits per heavy atom. The van der Waals surface area contributed by atoms with E-state index in [9.17, 15) is 18.0 Å². The Morgan fingerprint density at radius 2 is 2.18 bits per heavy atom. The molecule has 1 atom stereocenters. The van der Waals surface area contributed by atoms with Crippen LogP contribution in [-0.4, -0.2) is 30.5 Å². The molecule has 1 amide bonds. The fourth-order valence-corrected chi connectivity index (χ4v) is 3.97. The highest BCUT2D eigenvalue weighted by Gasteiger charge is 2.57. The molecule has 1 aromatic rings. The molecule has 0 aromatic carbocycles. The van der Waals surface area contributed by atoms with Crippen molar-refractivity contribution in [2.45, 2.75) is 31.9 Å². The molecule has 1 spiro atoms. The number of rotatable bonds is 4. The molecule has 1 unspecified atom stereocenters. The first-order valence-corrected chi connectivity index (χ1v) is 8.29. The molecule has 2 N–H and O–H groups in total. The highest BCUT2D eigenvalue weighted by atomic mass is 32.1. The molecular formula is C14H18F3N3OS. The van der Waals surface area contributed by atoms with Crippen molar-refractivity contribution in [1.82, 2.24) is 15.6 Å². The van der Waals surface area contributed by atoms with E-state index in [4.69, 9.17) is 0 Å². The van der Waals surface area contributed by atoms with Crippen molar-refractivity contribution in [2.75, 3.05) is 19.6 Å². The van der Waals surface area contributed by atoms with Crippen molar-refractivity contribution in [3.05, 3.63) is 16.1 Å². The van der Waals surface area contributed by atoms with Crippen LogP contribution < -0.4 is 10.6 Å². The van der Waals surface area contributed by atoms with Crippen LogP contribution in [0.2, 0.25) is 0 Å². The van der Waals surface area contributed by atoms with Crippen LogP contribution in [0.5, 0.6) is 0 Å². The summed E-state index contributed by atoms with van der Waals surface area (Å²) in [5.41, 5.74) is -0.672. The Labute approximate surface area is 130 Å². The summed E-state index contributed by atoms with van der Waals surface area (Å²) in [7, 11) is 0. The predicted molar refractivity (Wildman–Crippen MR) is 76.5 cm³/mol. The number of hydrogen-bond acceptors (Lipinski definition) is 4. The van der Waals surface area contributed by atoms with Gasteiger partial charge in [-0.3, -0.25) is 4.79 Å². The van der Waals surface area contributed by atoms with Crippen molar-refractivity contribution in [2.24, 2.45) is 11.3 Å². The Bertz CT molecular complexity index is 552. The first-order chi connectivity index (χ1) is 10.4. The molecule has 3 rings (SSSR count). The van der Waals surface area contributed by atoms with Crippen molar-refractivity contribution < 1.29 is 18.0 Å². The Morgan fingerprint density at radius 1 is 1.45 bits per heavy atom. The van der Waals surface area contributed by atoms with Crippen LogP contribution in [0, 0.1) is 11.3 Å². The summed E-state index contributed by atoms with van der Waals surface area (Å²) in [5.74, 6) is 0.117. The van der Waals surface area contributed by atoms with Gasteiger partial charge >= 0.3 is 6.18 Å². The van der Waals surface area contributed by atoms with Crippen LogP contribution >= 0.6 is 11.3 Å². The lowest BCUT2D eigenvalue weighted by atomic mass is 9.92. The van der Waals surface area contributed by atoms with E-state index in [0.717, 1.165) is 49.1 Å². The SMILES string of the molecule is O=C(NCCc1nc(C(F)(F)F)cs1)C1CC12CCNCC2. The Balaban J connectivity index is 1.44. The van der Waals surface area contributed by atoms with E-state index in [0.29, 0.717) is 18.0 Å². The van der Waals surface area contributed by atoms with Gasteiger partial charge in [0.05, 0.1) is 5.01 Å². The largest absolute Gasteiger partial charge is 0.434 e. The second-order valence-corrected chi connectivity index (χ2v) is 6.98. The molecule has 122 valence electrons. The first-order valence-electron chi connectivity index (χ1n) is 7.41. The van der Waals surface area contributed by atoms with Gasteiger partial charge in [-0.1, -0.05) is 0 Å². The van der Waals surface area contributed by atoms with Crippen molar-refractivity contribution in [3.63, 3.8) is 0 Å². The molecule has 0 bridgehead atoms. The van der Waals surface area contributed by atoms with Gasteiger partial charge in [0.25, 0.3) is 0 Å². The van der Waals surface area contributed by atoms with Crippen molar-refractivity contribution in [1.29, 1.82) is 0 Å². The quantitative estimate of drug-likeness (QED) is 0.888. The molecule has 1 aromatic heterocycles. The molecule has 0 radical (unpaired) electrons. The number of halogens is 3. The number of alkyl halides is 3. The number of nitrogens with one attached hydrogen (secondary N) is 2. The normalized spacial score (nSPS) is 23.5. The molecule has 2 aliphatic rings. The van der Waals surface area contributed by atoms with Crippen LogP contribution in [0.3, 0.4) is 0 Å². The number of carbonyl (C=O) groups excluding carboxylic acids is 1. The monoisotopic (exact) mass is 333 g/mol. The molecule has 22 heavy (non-hydrogen) atoms. The van der Waals surface area contributed by atoms with Crippen LogP contribution in [-0.2, 0) is 17.4 Å². The molecule has 2 heterocycles. The molecule has 8 heteroatoms. The van der Waals surface area contributed by atoms with Gasteiger partial charge < -0.3 is 10.6 Å². The van der Waals surface area contributed by atoms with E-state index in [1.54, 1.807) is 0 Å². The minimum atomic E-state index is -4.40. The van der Waals surface area contributed by atoms with E-state index in [2.05, 4.69) is 15.6 Å². The summed E-state index contributed by atoms with van der Waals surface area (Å²) < 4.78 is 37.3. The maximum Gasteiger partial charge on any atom is 0.434 e. The summed E-state index contributed by atoms with van der Waals surface area (Å²) in [6.45, 7) is 2.26. The number of amides is 1. The number of aromatic nitrogens is 1. The fourth-order valence-electron chi connectivity index (χ4n) is 3.17. The van der Waals surface area contributed by atoms with Crippen LogP contribution in [0.1, 0.15) is 30.0 Å². The predicted octanol–water partition coefficient (Wildman–Crippen LogP) is 2.21. The average molecular weight is 333 g/mol. The summed E-state index contributed by atoms with van der Waals surface area (Å²) in [4.78, 5) is 15.7. The maximum absolute atomic E-state index is 12.4. The van der Waals surface area contributed by atoms with Crippen LogP contribution in [0.15, 0.2) is 5.38 Å². The smallest absolute Gasteiger partial charge is 0.355 e. The van der Waals surface area contributed by atoms with E-state index in [1.165, 1.54) is 0 Å². The minimum absolute atomic E-state index is 0.0366. The van der Waals surface area contributed by atoms with Gasteiger partial charge in [0.15, 0.2) is 5.69 Å². The van der Waals surface area contributed by atoms with Gasteiger partial charge in [-0.2, -0.15) is 13.2 Å². The number of carbonyl (C=O) groups is 1. The molecule has 1 saturated heterocycles. The lowest BCUT2D eigenvalue weighted by Crippen LogP contribution is -2.34. The number of thiazole rings is 1. The number of nitrogens with zero attached hydrogens (tertiary/aromatic N) is 1. The van der Waals surface area contributed by atoms with E-state index < -0.39 is 11.9 Å². The van der Waals surface area contributed by atoms with Crippen molar-refractivity contribution >= 4 is 17.2 Å². The van der Waals surface area contributed by atoms with E-state index in [-0.39, 0.29) is 17.2 Å². The van der Waals surface area contributed by atoms with Gasteiger partial charge in [-0.15, -0.1) is 11.3 Å². The second kappa shape index (κ2) is 5.81. The summed E-state index contributed by atoms with van der Waals surface area (Å²) >= 11 is 0.983. The molecular weight excluding hydrogens is 315 g/mol. The Kier molecular flexibility index (Phi) is 4.15. The summed E-state index contributed by atoms with van der Waals surface area (Å²) in [5, 5.41) is 7.55. The van der Waals surface area contributed by atoms with Gasteiger partial charge in [0.1, 0.15) is 0 Å². The van der Waals surface area contributed by atoms with Gasteiger partial charge in [0.2, 0.25) is 5.91 Å². The third-order valence-electron chi connectivity index (χ3n) is 4.59. The first kappa shape index (κ1) is 15.7. The van der Waals surface area contributed by atoms with E-state index >= 15 is 0 Å². The van der Waals surface area contributed by atoms with Gasteiger partial charge in [-0.25, -0.2) is 4.98 Å². The highest BCUT2D eigenvalue weighted by molar-refractivity contribution is 7.09. The topological polar surface area (TPSA) is 54.0 Å². The van der Waals surface area contributed by atoms with Gasteiger partial charge in [-0.05, 0) is 37.8 Å². The third-order valence-corrected chi connectivity index (χ3v) is 5.49. The summed E-state index contributed by atoms with van der Waals surface area (Å²) in [6, 6.07) is 0. The number of hydrogen-bond donors (Lipinski definition) is 2. The second-order valence-electron chi connectivity index (χ2n) is 6.03. The van der Waals surface area contributed by atoms with Crippen LogP contribution in [0.25, 0.3) is 0 Å². The molecule has 4 nitrogen and oxygen atoms in total. The van der Waals surface area contributed by atoms with E-state index in [1.807, 2.05) is 0 Å². The van der Waals surface area contributed by atoms with Crippen LogP contribution in [0.4, 0.5) is 13.2 Å². The zero-order chi connectivity index (χ0) is 15.8. The molecule has 1 aliphatic carbocycles. The highest BCUT2D eigenvalue weighted by Crippen LogP contribution is 2.58.